The van der Waals surface area contributed by atoms with Gasteiger partial charge in [0.25, 0.3) is 0 Å². The monoisotopic (exact) mass is 582 g/mol. The van der Waals surface area contributed by atoms with Crippen molar-refractivity contribution in [2.45, 2.75) is 45.1 Å². The van der Waals surface area contributed by atoms with Gasteiger partial charge in [-0.3, -0.25) is 9.47 Å². The molecule has 1 aromatic heterocycles. The van der Waals surface area contributed by atoms with Gasteiger partial charge in [-0.2, -0.15) is 0 Å². The molecule has 2 aliphatic rings. The van der Waals surface area contributed by atoms with Crippen molar-refractivity contribution in [1.82, 2.24) is 14.5 Å². The number of aromatic nitrogens is 2. The van der Waals surface area contributed by atoms with E-state index >= 15 is 0 Å². The van der Waals surface area contributed by atoms with Gasteiger partial charge in [-0.05, 0) is 70.1 Å². The summed E-state index contributed by atoms with van der Waals surface area (Å²) in [6, 6.07) is 19.1. The van der Waals surface area contributed by atoms with Crippen LogP contribution in [0.15, 0.2) is 72.9 Å². The van der Waals surface area contributed by atoms with Crippen LogP contribution in [0.2, 0.25) is 0 Å². The fourth-order valence-electron chi connectivity index (χ4n) is 4.94. The Morgan fingerprint density at radius 1 is 0.952 bits per heavy atom. The van der Waals surface area contributed by atoms with Crippen LogP contribution in [0.4, 0.5) is 19.0 Å². The minimum atomic E-state index is -4.74. The van der Waals surface area contributed by atoms with Gasteiger partial charge >= 0.3 is 18.2 Å². The van der Waals surface area contributed by atoms with Gasteiger partial charge < -0.3 is 29.1 Å². The third-order valence-corrected chi connectivity index (χ3v) is 6.90. The number of imidazole rings is 1. The molecule has 0 N–H and O–H groups in total. The van der Waals surface area contributed by atoms with Gasteiger partial charge in [0.15, 0.2) is 0 Å². The first-order chi connectivity index (χ1) is 20.2. The van der Waals surface area contributed by atoms with Crippen LogP contribution in [-0.2, 0) is 26.2 Å². The first-order valence-electron chi connectivity index (χ1n) is 13.1. The first kappa shape index (κ1) is 27.4. The molecule has 2 aliphatic heterocycles. The summed E-state index contributed by atoms with van der Waals surface area (Å²) in [6.45, 7) is 3.17. The van der Waals surface area contributed by atoms with E-state index in [0.717, 1.165) is 30.9 Å². The number of alkyl halides is 3. The number of rotatable bonds is 9. The first-order valence-corrected chi connectivity index (χ1v) is 13.1. The molecular weight excluding hydrogens is 557 g/mol. The molecule has 0 fully saturated rings. The van der Waals surface area contributed by atoms with Crippen LogP contribution in [0.1, 0.15) is 23.1 Å². The average Bonchev–Trinajstić information content (AvgIpc) is 3.56. The standard InChI is InChI=1S/C29H25F3N4O6/c30-29(31,32)42-24-9-7-23(8-10-24)40-22-4-1-19(2-5-22)14-34-15-20-3-6-25(13-21(20)16-34)39-18-26-11-12-35-17-27(36(37)38)33-28(35)41-26/h1-10,13,17,26H,11-12,14-16,18H2/t26-/m1/s1. The lowest BCUT2D eigenvalue weighted by molar-refractivity contribution is -0.389. The number of nitro groups is 1. The molecule has 0 unspecified atom stereocenters. The SMILES string of the molecule is O=[N+]([O-])c1cn2c(n1)O[C@@H](COc1ccc3c(c1)CN(Cc1ccc(Oc4ccc(OC(F)(F)F)cc4)cc1)C3)CC2. The smallest absolute Gasteiger partial charge is 0.490 e. The van der Waals surface area contributed by atoms with E-state index in [0.29, 0.717) is 31.1 Å². The summed E-state index contributed by atoms with van der Waals surface area (Å²) in [7, 11) is 0. The summed E-state index contributed by atoms with van der Waals surface area (Å²) in [5, 5.41) is 11.0. The molecular formula is C29H25F3N4O6. The molecule has 0 amide bonds. The van der Waals surface area contributed by atoms with Gasteiger partial charge in [-0.15, -0.1) is 13.2 Å². The number of ether oxygens (including phenoxy) is 4. The van der Waals surface area contributed by atoms with E-state index in [4.69, 9.17) is 14.2 Å². The van der Waals surface area contributed by atoms with Crippen molar-refractivity contribution in [3.8, 4) is 29.0 Å². The van der Waals surface area contributed by atoms with E-state index in [1.165, 1.54) is 41.6 Å². The van der Waals surface area contributed by atoms with E-state index in [9.17, 15) is 23.3 Å². The Morgan fingerprint density at radius 3 is 2.33 bits per heavy atom. The predicted molar refractivity (Wildman–Crippen MR) is 142 cm³/mol. The lowest BCUT2D eigenvalue weighted by Crippen LogP contribution is -2.31. The van der Waals surface area contributed by atoms with Gasteiger partial charge in [0.1, 0.15) is 41.9 Å². The predicted octanol–water partition coefficient (Wildman–Crippen LogP) is 6.23. The van der Waals surface area contributed by atoms with E-state index in [1.54, 1.807) is 4.57 Å². The molecule has 0 bridgehead atoms. The third-order valence-electron chi connectivity index (χ3n) is 6.90. The van der Waals surface area contributed by atoms with Crippen molar-refractivity contribution in [2.75, 3.05) is 6.61 Å². The van der Waals surface area contributed by atoms with Crippen LogP contribution in [-0.4, -0.2) is 38.4 Å². The normalized spacial score (nSPS) is 16.3. The van der Waals surface area contributed by atoms with Crippen molar-refractivity contribution >= 4 is 5.82 Å². The molecule has 0 aliphatic carbocycles. The second kappa shape index (κ2) is 11.2. The Morgan fingerprint density at radius 2 is 1.62 bits per heavy atom. The maximum absolute atomic E-state index is 12.3. The summed E-state index contributed by atoms with van der Waals surface area (Å²) in [4.78, 5) is 16.6. The zero-order valence-corrected chi connectivity index (χ0v) is 22.1. The average molecular weight is 583 g/mol. The van der Waals surface area contributed by atoms with Crippen LogP contribution in [0, 0.1) is 10.1 Å². The molecule has 10 nitrogen and oxygen atoms in total. The van der Waals surface area contributed by atoms with E-state index < -0.39 is 11.3 Å². The molecule has 13 heteroatoms. The molecule has 4 aromatic rings. The molecule has 218 valence electrons. The molecule has 0 radical (unpaired) electrons. The molecule has 0 saturated heterocycles. The summed E-state index contributed by atoms with van der Waals surface area (Å²) >= 11 is 0. The summed E-state index contributed by atoms with van der Waals surface area (Å²) < 4.78 is 60.0. The second-order valence-corrected chi connectivity index (χ2v) is 10.0. The number of halogens is 3. The van der Waals surface area contributed by atoms with E-state index in [-0.39, 0.29) is 23.7 Å². The van der Waals surface area contributed by atoms with Crippen molar-refractivity contribution in [1.29, 1.82) is 0 Å². The number of nitrogens with zero attached hydrogens (tertiary/aromatic N) is 4. The summed E-state index contributed by atoms with van der Waals surface area (Å²) in [5.74, 6) is 1.16. The Labute approximate surface area is 238 Å². The van der Waals surface area contributed by atoms with Crippen molar-refractivity contribution in [3.63, 3.8) is 0 Å². The highest BCUT2D eigenvalue weighted by Crippen LogP contribution is 2.31. The lowest BCUT2D eigenvalue weighted by Gasteiger charge is -2.22. The topological polar surface area (TPSA) is 101 Å². The van der Waals surface area contributed by atoms with E-state index in [2.05, 4.69) is 20.7 Å². The largest absolute Gasteiger partial charge is 0.573 e. The molecule has 3 heterocycles. The fraction of sp³-hybridized carbons (Fsp3) is 0.276. The van der Waals surface area contributed by atoms with Crippen molar-refractivity contribution in [2.24, 2.45) is 0 Å². The number of hydrogen-bond donors (Lipinski definition) is 0. The van der Waals surface area contributed by atoms with Gasteiger partial charge in [0.2, 0.25) is 0 Å². The minimum absolute atomic E-state index is 0.230. The zero-order valence-electron chi connectivity index (χ0n) is 22.1. The van der Waals surface area contributed by atoms with Crippen LogP contribution in [0.3, 0.4) is 0 Å². The Balaban J connectivity index is 0.986. The Bertz CT molecular complexity index is 1570. The molecule has 42 heavy (non-hydrogen) atoms. The quantitative estimate of drug-likeness (QED) is 0.169. The highest BCUT2D eigenvalue weighted by atomic mass is 19.4. The molecule has 0 saturated carbocycles. The Hall–Kier alpha value is -4.78. The van der Waals surface area contributed by atoms with Crippen LogP contribution in [0.5, 0.6) is 29.0 Å². The van der Waals surface area contributed by atoms with Gasteiger partial charge in [0, 0.05) is 37.6 Å². The van der Waals surface area contributed by atoms with Gasteiger partial charge in [-0.1, -0.05) is 18.2 Å². The minimum Gasteiger partial charge on any atom is -0.490 e. The number of fused-ring (bicyclic) bond motifs is 2. The van der Waals surface area contributed by atoms with Crippen LogP contribution < -0.4 is 18.9 Å². The second-order valence-electron chi connectivity index (χ2n) is 10.0. The van der Waals surface area contributed by atoms with Crippen molar-refractivity contribution in [3.05, 3.63) is 99.7 Å². The highest BCUT2D eigenvalue weighted by Gasteiger charge is 2.31. The van der Waals surface area contributed by atoms with Crippen LogP contribution >= 0.6 is 0 Å². The number of aryl methyl sites for hydroxylation is 1. The molecule has 3 aromatic carbocycles. The zero-order chi connectivity index (χ0) is 29.3. The Kier molecular flexibility index (Phi) is 7.33. The number of benzene rings is 3. The van der Waals surface area contributed by atoms with Crippen LogP contribution in [0.25, 0.3) is 0 Å². The summed E-state index contributed by atoms with van der Waals surface area (Å²) in [6.07, 6.45) is -2.95. The molecule has 0 spiro atoms. The maximum atomic E-state index is 12.3. The highest BCUT2D eigenvalue weighted by molar-refractivity contribution is 5.39. The fourth-order valence-corrected chi connectivity index (χ4v) is 4.94. The lowest BCUT2D eigenvalue weighted by atomic mass is 10.1. The molecule has 1 atom stereocenters. The number of hydrogen-bond acceptors (Lipinski definition) is 8. The van der Waals surface area contributed by atoms with Gasteiger partial charge in [0.05, 0.1) is 0 Å². The third kappa shape index (κ3) is 6.57. The van der Waals surface area contributed by atoms with E-state index in [1.807, 2.05) is 36.4 Å². The molecule has 6 rings (SSSR count). The van der Waals surface area contributed by atoms with Crippen molar-refractivity contribution < 1.29 is 37.0 Å². The maximum Gasteiger partial charge on any atom is 0.573 e. The van der Waals surface area contributed by atoms with Gasteiger partial charge in [-0.25, -0.2) is 0 Å². The summed E-state index contributed by atoms with van der Waals surface area (Å²) in [5.41, 5.74) is 3.50.